The second-order valence-corrected chi connectivity index (χ2v) is 9.42. The zero-order chi connectivity index (χ0) is 21.8. The molecule has 0 saturated heterocycles. The smallest absolute Gasteiger partial charge is 0.123 e. The quantitative estimate of drug-likeness (QED) is 0.459. The van der Waals surface area contributed by atoms with Crippen LogP contribution in [0.2, 0.25) is 0 Å². The molecule has 2 N–H and O–H groups in total. The van der Waals surface area contributed by atoms with Gasteiger partial charge in [0.2, 0.25) is 0 Å². The normalized spacial score (nSPS) is 16.4. The van der Waals surface area contributed by atoms with Crippen LogP contribution in [0.3, 0.4) is 0 Å². The lowest BCUT2D eigenvalue weighted by Gasteiger charge is -2.29. The van der Waals surface area contributed by atoms with Gasteiger partial charge in [-0.05, 0) is 73.1 Å². The van der Waals surface area contributed by atoms with Gasteiger partial charge in [-0.2, -0.15) is 0 Å². The molecule has 0 radical (unpaired) electrons. The number of halogens is 1. The Hall–Kier alpha value is -2.27. The Kier molecular flexibility index (Phi) is 6.71. The summed E-state index contributed by atoms with van der Waals surface area (Å²) in [6, 6.07) is 21.5. The van der Waals surface area contributed by atoms with E-state index in [0.717, 1.165) is 24.8 Å². The van der Waals surface area contributed by atoms with Crippen LogP contribution in [0.4, 0.5) is 4.39 Å². The van der Waals surface area contributed by atoms with Gasteiger partial charge in [0.1, 0.15) is 5.82 Å². The van der Waals surface area contributed by atoms with E-state index in [1.54, 1.807) is 12.1 Å². The second-order valence-electron chi connectivity index (χ2n) is 9.42. The highest BCUT2D eigenvalue weighted by atomic mass is 19.1. The van der Waals surface area contributed by atoms with Crippen molar-refractivity contribution < 1.29 is 14.2 Å². The SMILES string of the molecule is CC(C)(Cc1ccc2ccccc2c1)NCC(O)COC(c1ccc(F)cc1)C1CC1. The molecule has 164 valence electrons. The molecule has 1 saturated carbocycles. The molecule has 3 aromatic rings. The Bertz CT molecular complexity index is 998. The lowest BCUT2D eigenvalue weighted by Crippen LogP contribution is -2.46. The van der Waals surface area contributed by atoms with E-state index >= 15 is 0 Å². The number of ether oxygens (including phenoxy) is 1. The first-order valence-corrected chi connectivity index (χ1v) is 11.2. The molecule has 2 atom stereocenters. The number of aliphatic hydroxyl groups excluding tert-OH is 1. The van der Waals surface area contributed by atoms with Crippen LogP contribution in [-0.2, 0) is 11.2 Å². The molecule has 3 nitrogen and oxygen atoms in total. The van der Waals surface area contributed by atoms with Crippen molar-refractivity contribution in [3.05, 3.63) is 83.7 Å². The molecular formula is C27H32FNO2. The summed E-state index contributed by atoms with van der Waals surface area (Å²) in [6.45, 7) is 5.03. The number of nitrogens with one attached hydrogen (secondary N) is 1. The van der Waals surface area contributed by atoms with E-state index in [4.69, 9.17) is 4.74 Å². The summed E-state index contributed by atoms with van der Waals surface area (Å²) in [5.74, 6) is 0.228. The first-order chi connectivity index (χ1) is 14.9. The minimum absolute atomic E-state index is 0.0686. The zero-order valence-corrected chi connectivity index (χ0v) is 18.4. The molecule has 0 amide bonds. The number of benzene rings is 3. The Morgan fingerprint density at radius 3 is 2.45 bits per heavy atom. The van der Waals surface area contributed by atoms with Crippen molar-refractivity contribution in [2.24, 2.45) is 5.92 Å². The molecule has 0 aliphatic heterocycles. The molecule has 1 aliphatic carbocycles. The predicted molar refractivity (Wildman–Crippen MR) is 124 cm³/mol. The van der Waals surface area contributed by atoms with Crippen LogP contribution in [0.25, 0.3) is 10.8 Å². The number of rotatable bonds is 10. The monoisotopic (exact) mass is 421 g/mol. The van der Waals surface area contributed by atoms with Crippen molar-refractivity contribution in [3.63, 3.8) is 0 Å². The summed E-state index contributed by atoms with van der Waals surface area (Å²) in [6.07, 6.45) is 2.44. The lowest BCUT2D eigenvalue weighted by molar-refractivity contribution is -0.0211. The molecule has 1 aliphatic rings. The van der Waals surface area contributed by atoms with Gasteiger partial charge >= 0.3 is 0 Å². The number of β-amino-alcohol motifs (C(OH)–C–C–N with tert-alkyl or cyclic N) is 1. The maximum absolute atomic E-state index is 13.2. The van der Waals surface area contributed by atoms with E-state index in [1.165, 1.54) is 28.5 Å². The number of hydrogen-bond acceptors (Lipinski definition) is 3. The Morgan fingerprint density at radius 2 is 1.74 bits per heavy atom. The molecule has 0 aromatic heterocycles. The fourth-order valence-electron chi connectivity index (χ4n) is 4.15. The van der Waals surface area contributed by atoms with E-state index in [0.29, 0.717) is 12.5 Å². The largest absolute Gasteiger partial charge is 0.389 e. The van der Waals surface area contributed by atoms with Crippen molar-refractivity contribution in [2.45, 2.75) is 50.9 Å². The molecular weight excluding hydrogens is 389 g/mol. The zero-order valence-electron chi connectivity index (χ0n) is 18.4. The van der Waals surface area contributed by atoms with Gasteiger partial charge in [0.25, 0.3) is 0 Å². The van der Waals surface area contributed by atoms with Gasteiger partial charge in [0.05, 0.1) is 18.8 Å². The van der Waals surface area contributed by atoms with Crippen molar-refractivity contribution in [2.75, 3.05) is 13.2 Å². The van der Waals surface area contributed by atoms with E-state index in [2.05, 4.69) is 61.6 Å². The molecule has 2 unspecified atom stereocenters. The van der Waals surface area contributed by atoms with Crippen LogP contribution < -0.4 is 5.32 Å². The van der Waals surface area contributed by atoms with Gasteiger partial charge < -0.3 is 15.2 Å². The molecule has 31 heavy (non-hydrogen) atoms. The third kappa shape index (κ3) is 6.13. The first kappa shape index (κ1) is 21.9. The standard InChI is InChI=1S/C27H32FNO2/c1-27(2,16-19-7-8-20-5-3-4-6-23(20)15-19)29-17-25(30)18-31-26(21-9-10-21)22-11-13-24(28)14-12-22/h3-8,11-15,21,25-26,29-30H,9-10,16-18H2,1-2H3. The van der Waals surface area contributed by atoms with Crippen LogP contribution in [-0.4, -0.2) is 29.9 Å². The van der Waals surface area contributed by atoms with Crippen LogP contribution in [0.1, 0.15) is 43.9 Å². The van der Waals surface area contributed by atoms with E-state index in [9.17, 15) is 9.50 Å². The second kappa shape index (κ2) is 9.47. The Balaban J connectivity index is 1.28. The molecule has 4 heteroatoms. The molecule has 1 fully saturated rings. The summed E-state index contributed by atoms with van der Waals surface area (Å²) in [5.41, 5.74) is 2.10. The van der Waals surface area contributed by atoms with Crippen LogP contribution in [0.15, 0.2) is 66.7 Å². The highest BCUT2D eigenvalue weighted by molar-refractivity contribution is 5.83. The number of fused-ring (bicyclic) bond motifs is 1. The third-order valence-corrected chi connectivity index (χ3v) is 5.99. The first-order valence-electron chi connectivity index (χ1n) is 11.2. The topological polar surface area (TPSA) is 41.5 Å². The van der Waals surface area contributed by atoms with Crippen LogP contribution >= 0.6 is 0 Å². The summed E-state index contributed by atoms with van der Waals surface area (Å²) < 4.78 is 19.3. The van der Waals surface area contributed by atoms with Gasteiger partial charge in [0, 0.05) is 12.1 Å². The average Bonchev–Trinajstić information content (AvgIpc) is 3.59. The van der Waals surface area contributed by atoms with Gasteiger partial charge in [-0.3, -0.25) is 0 Å². The van der Waals surface area contributed by atoms with Gasteiger partial charge in [-0.25, -0.2) is 4.39 Å². The fraction of sp³-hybridized carbons (Fsp3) is 0.407. The minimum Gasteiger partial charge on any atom is -0.389 e. The number of aliphatic hydroxyl groups is 1. The molecule has 4 rings (SSSR count). The van der Waals surface area contributed by atoms with Crippen molar-refractivity contribution in [1.82, 2.24) is 5.32 Å². The fourth-order valence-corrected chi connectivity index (χ4v) is 4.15. The molecule has 0 heterocycles. The van der Waals surface area contributed by atoms with Crippen LogP contribution in [0, 0.1) is 11.7 Å². The van der Waals surface area contributed by atoms with Crippen molar-refractivity contribution in [1.29, 1.82) is 0 Å². The van der Waals surface area contributed by atoms with E-state index < -0.39 is 6.10 Å². The molecule has 0 spiro atoms. The highest BCUT2D eigenvalue weighted by Crippen LogP contribution is 2.43. The van der Waals surface area contributed by atoms with E-state index in [1.807, 2.05) is 0 Å². The molecule has 0 bridgehead atoms. The lowest BCUT2D eigenvalue weighted by atomic mass is 9.93. The summed E-state index contributed by atoms with van der Waals surface area (Å²) in [5, 5.41) is 16.5. The van der Waals surface area contributed by atoms with Gasteiger partial charge in [-0.15, -0.1) is 0 Å². The minimum atomic E-state index is -0.599. The van der Waals surface area contributed by atoms with E-state index in [-0.39, 0.29) is 24.1 Å². The summed E-state index contributed by atoms with van der Waals surface area (Å²) in [7, 11) is 0. The third-order valence-electron chi connectivity index (χ3n) is 5.99. The maximum Gasteiger partial charge on any atom is 0.123 e. The summed E-state index contributed by atoms with van der Waals surface area (Å²) >= 11 is 0. The Morgan fingerprint density at radius 1 is 1.03 bits per heavy atom. The average molecular weight is 422 g/mol. The van der Waals surface area contributed by atoms with Crippen molar-refractivity contribution >= 4 is 10.8 Å². The molecule has 3 aromatic carbocycles. The summed E-state index contributed by atoms with van der Waals surface area (Å²) in [4.78, 5) is 0. The van der Waals surface area contributed by atoms with Crippen molar-refractivity contribution in [3.8, 4) is 0 Å². The highest BCUT2D eigenvalue weighted by Gasteiger charge is 2.33. The van der Waals surface area contributed by atoms with Gasteiger partial charge in [0.15, 0.2) is 0 Å². The number of hydrogen-bond donors (Lipinski definition) is 2. The Labute approximate surface area is 184 Å². The maximum atomic E-state index is 13.2. The van der Waals surface area contributed by atoms with Gasteiger partial charge in [-0.1, -0.05) is 54.6 Å². The predicted octanol–water partition coefficient (Wildman–Crippen LogP) is 5.42. The van der Waals surface area contributed by atoms with Crippen LogP contribution in [0.5, 0.6) is 0 Å².